The van der Waals surface area contributed by atoms with E-state index in [-0.39, 0.29) is 5.78 Å². The number of aromatic nitrogens is 1. The van der Waals surface area contributed by atoms with Gasteiger partial charge in [0.25, 0.3) is 0 Å². The summed E-state index contributed by atoms with van der Waals surface area (Å²) < 4.78 is 5.91. The molecule has 0 aliphatic heterocycles. The molecule has 0 aliphatic carbocycles. The zero-order valence-electron chi connectivity index (χ0n) is 10.1. The third kappa shape index (κ3) is 2.59. The molecule has 92 valence electrons. The molecule has 0 fully saturated rings. The Kier molecular flexibility index (Phi) is 3.77. The minimum absolute atomic E-state index is 0.0380. The van der Waals surface area contributed by atoms with Gasteiger partial charge >= 0.3 is 0 Å². The normalized spacial score (nSPS) is 10.2. The van der Waals surface area contributed by atoms with E-state index in [9.17, 15) is 4.79 Å². The topological polar surface area (TPSA) is 39.2 Å². The zero-order valence-corrected chi connectivity index (χ0v) is 11.7. The van der Waals surface area contributed by atoms with Gasteiger partial charge in [0.2, 0.25) is 0 Å². The van der Waals surface area contributed by atoms with Gasteiger partial charge in [-0.05, 0) is 52.7 Å². The highest BCUT2D eigenvalue weighted by Gasteiger charge is 2.12. The number of ether oxygens (including phenoxy) is 1. The van der Waals surface area contributed by atoms with E-state index < -0.39 is 0 Å². The molecule has 3 nitrogen and oxygen atoms in total. The largest absolute Gasteiger partial charge is 0.497 e. The number of rotatable bonds is 3. The van der Waals surface area contributed by atoms with Crippen LogP contribution in [0.2, 0.25) is 0 Å². The molecule has 1 heterocycles. The SMILES string of the molecule is COc1ccc(C(=O)c2cncc(Br)c2)c(C)c1. The monoisotopic (exact) mass is 305 g/mol. The Morgan fingerprint density at radius 2 is 2.06 bits per heavy atom. The van der Waals surface area contributed by atoms with Crippen LogP contribution in [0, 0.1) is 6.92 Å². The Morgan fingerprint density at radius 1 is 1.28 bits per heavy atom. The second-order valence-electron chi connectivity index (χ2n) is 3.90. The Hall–Kier alpha value is -1.68. The standard InChI is InChI=1S/C14H12BrNO2/c1-9-5-12(18-2)3-4-13(9)14(17)10-6-11(15)8-16-7-10/h3-8H,1-2H3. The molecule has 1 aromatic heterocycles. The van der Waals surface area contributed by atoms with Gasteiger partial charge in [-0.15, -0.1) is 0 Å². The highest BCUT2D eigenvalue weighted by molar-refractivity contribution is 9.10. The van der Waals surface area contributed by atoms with Crippen LogP contribution in [0.3, 0.4) is 0 Å². The molecule has 2 rings (SSSR count). The smallest absolute Gasteiger partial charge is 0.194 e. The number of hydrogen-bond donors (Lipinski definition) is 0. The quantitative estimate of drug-likeness (QED) is 0.816. The lowest BCUT2D eigenvalue weighted by atomic mass is 10.00. The van der Waals surface area contributed by atoms with Gasteiger partial charge in [0.05, 0.1) is 7.11 Å². The van der Waals surface area contributed by atoms with Crippen molar-refractivity contribution >= 4 is 21.7 Å². The number of methoxy groups -OCH3 is 1. The molecule has 0 unspecified atom stereocenters. The Labute approximate surface area is 114 Å². The number of ketones is 1. The summed E-state index contributed by atoms with van der Waals surface area (Å²) in [7, 11) is 1.61. The molecule has 0 N–H and O–H groups in total. The third-order valence-electron chi connectivity index (χ3n) is 2.65. The maximum Gasteiger partial charge on any atom is 0.194 e. The van der Waals surface area contributed by atoms with Crippen molar-refractivity contribution in [1.29, 1.82) is 0 Å². The lowest BCUT2D eigenvalue weighted by molar-refractivity contribution is 0.103. The number of pyridine rings is 1. The van der Waals surface area contributed by atoms with Crippen molar-refractivity contribution in [3.63, 3.8) is 0 Å². The van der Waals surface area contributed by atoms with E-state index in [1.807, 2.05) is 13.0 Å². The third-order valence-corrected chi connectivity index (χ3v) is 3.08. The number of aryl methyl sites for hydroxylation is 1. The van der Waals surface area contributed by atoms with Gasteiger partial charge in [-0.1, -0.05) is 0 Å². The average molecular weight is 306 g/mol. The minimum atomic E-state index is -0.0380. The predicted molar refractivity (Wildman–Crippen MR) is 73.1 cm³/mol. The lowest BCUT2D eigenvalue weighted by Gasteiger charge is -2.07. The summed E-state index contributed by atoms with van der Waals surface area (Å²) in [4.78, 5) is 16.3. The summed E-state index contributed by atoms with van der Waals surface area (Å²) in [5.41, 5.74) is 2.12. The molecule has 0 spiro atoms. The Balaban J connectivity index is 2.40. The van der Waals surface area contributed by atoms with Crippen LogP contribution in [0.25, 0.3) is 0 Å². The van der Waals surface area contributed by atoms with Crippen LogP contribution in [0.4, 0.5) is 0 Å². The lowest BCUT2D eigenvalue weighted by Crippen LogP contribution is -2.04. The van der Waals surface area contributed by atoms with E-state index in [4.69, 9.17) is 4.74 Å². The molecule has 0 saturated heterocycles. The number of carbonyl (C=O) groups excluding carboxylic acids is 1. The van der Waals surface area contributed by atoms with Crippen molar-refractivity contribution in [2.24, 2.45) is 0 Å². The van der Waals surface area contributed by atoms with Crippen molar-refractivity contribution in [1.82, 2.24) is 4.98 Å². The van der Waals surface area contributed by atoms with E-state index in [0.717, 1.165) is 15.8 Å². The molecule has 18 heavy (non-hydrogen) atoms. The van der Waals surface area contributed by atoms with Gasteiger partial charge in [0.15, 0.2) is 5.78 Å². The Bertz CT molecular complexity index is 596. The van der Waals surface area contributed by atoms with Crippen molar-refractivity contribution in [2.75, 3.05) is 7.11 Å². The van der Waals surface area contributed by atoms with E-state index >= 15 is 0 Å². The van der Waals surface area contributed by atoms with Gasteiger partial charge < -0.3 is 4.74 Å². The molecule has 0 atom stereocenters. The highest BCUT2D eigenvalue weighted by Crippen LogP contribution is 2.20. The molecule has 1 aromatic carbocycles. The summed E-state index contributed by atoms with van der Waals surface area (Å²) in [5, 5.41) is 0. The summed E-state index contributed by atoms with van der Waals surface area (Å²) in [6.45, 7) is 1.89. The second-order valence-corrected chi connectivity index (χ2v) is 4.82. The van der Waals surface area contributed by atoms with E-state index in [2.05, 4.69) is 20.9 Å². The van der Waals surface area contributed by atoms with Crippen LogP contribution in [0.1, 0.15) is 21.5 Å². The molecule has 0 amide bonds. The van der Waals surface area contributed by atoms with Crippen LogP contribution >= 0.6 is 15.9 Å². The van der Waals surface area contributed by atoms with E-state index in [1.165, 1.54) is 0 Å². The summed E-state index contributed by atoms with van der Waals surface area (Å²) >= 11 is 3.31. The molecule has 0 aliphatic rings. The van der Waals surface area contributed by atoms with Crippen LogP contribution < -0.4 is 4.74 Å². The number of nitrogens with zero attached hydrogens (tertiary/aromatic N) is 1. The fourth-order valence-electron chi connectivity index (χ4n) is 1.71. The average Bonchev–Trinajstić information content (AvgIpc) is 2.37. The molecule has 0 radical (unpaired) electrons. The second kappa shape index (κ2) is 5.31. The molecular weight excluding hydrogens is 294 g/mol. The van der Waals surface area contributed by atoms with Gasteiger partial charge in [0.1, 0.15) is 5.75 Å². The fraction of sp³-hybridized carbons (Fsp3) is 0.143. The van der Waals surface area contributed by atoms with Gasteiger partial charge in [-0.2, -0.15) is 0 Å². The number of benzene rings is 1. The molecule has 2 aromatic rings. The van der Waals surface area contributed by atoms with E-state index in [0.29, 0.717) is 11.1 Å². The van der Waals surface area contributed by atoms with Crippen LogP contribution in [0.15, 0.2) is 41.1 Å². The van der Waals surface area contributed by atoms with Crippen molar-refractivity contribution in [2.45, 2.75) is 6.92 Å². The summed E-state index contributed by atoms with van der Waals surface area (Å²) in [6, 6.07) is 7.17. The number of carbonyl (C=O) groups is 1. The molecule has 0 bridgehead atoms. The first kappa shape index (κ1) is 12.8. The van der Waals surface area contributed by atoms with Crippen LogP contribution in [-0.2, 0) is 0 Å². The summed E-state index contributed by atoms with van der Waals surface area (Å²) in [5.74, 6) is 0.709. The first-order valence-corrected chi connectivity index (χ1v) is 6.21. The molecule has 4 heteroatoms. The number of halogens is 1. The van der Waals surface area contributed by atoms with Crippen molar-refractivity contribution in [3.8, 4) is 5.75 Å². The first-order valence-electron chi connectivity index (χ1n) is 5.41. The maximum absolute atomic E-state index is 12.3. The maximum atomic E-state index is 12.3. The molecule has 0 saturated carbocycles. The van der Waals surface area contributed by atoms with Crippen molar-refractivity contribution < 1.29 is 9.53 Å². The first-order chi connectivity index (χ1) is 8.61. The van der Waals surface area contributed by atoms with E-state index in [1.54, 1.807) is 37.7 Å². The van der Waals surface area contributed by atoms with Crippen LogP contribution in [0.5, 0.6) is 5.75 Å². The van der Waals surface area contributed by atoms with Gasteiger partial charge in [0, 0.05) is 28.0 Å². The van der Waals surface area contributed by atoms with Gasteiger partial charge in [-0.25, -0.2) is 0 Å². The van der Waals surface area contributed by atoms with Crippen molar-refractivity contribution in [3.05, 3.63) is 57.8 Å². The minimum Gasteiger partial charge on any atom is -0.497 e. The molecular formula is C14H12BrNO2. The van der Waals surface area contributed by atoms with Crippen LogP contribution in [-0.4, -0.2) is 17.9 Å². The fourth-order valence-corrected chi connectivity index (χ4v) is 2.07. The predicted octanol–water partition coefficient (Wildman–Crippen LogP) is 3.39. The summed E-state index contributed by atoms with van der Waals surface area (Å²) in [6.07, 6.45) is 3.22. The van der Waals surface area contributed by atoms with Gasteiger partial charge in [-0.3, -0.25) is 9.78 Å². The zero-order chi connectivity index (χ0) is 13.1. The Morgan fingerprint density at radius 3 is 2.67 bits per heavy atom. The highest BCUT2D eigenvalue weighted by atomic mass is 79.9. The number of hydrogen-bond acceptors (Lipinski definition) is 3.